The van der Waals surface area contributed by atoms with Crippen LogP contribution in [0.15, 0.2) is 24.5 Å². The minimum absolute atomic E-state index is 0.0980. The third-order valence-electron chi connectivity index (χ3n) is 2.02. The predicted molar refractivity (Wildman–Crippen MR) is 61.6 cm³/mol. The Morgan fingerprint density at radius 2 is 2.27 bits per heavy atom. The summed E-state index contributed by atoms with van der Waals surface area (Å²) in [5.41, 5.74) is 0.844. The van der Waals surface area contributed by atoms with Crippen LogP contribution in [0.2, 0.25) is 0 Å². The van der Waals surface area contributed by atoms with Crippen molar-refractivity contribution >= 4 is 15.5 Å². The third kappa shape index (κ3) is 4.29. The fourth-order valence-electron chi connectivity index (χ4n) is 1.27. The van der Waals surface area contributed by atoms with Crippen molar-refractivity contribution in [1.82, 2.24) is 4.98 Å². The van der Waals surface area contributed by atoms with Gasteiger partial charge in [-0.3, -0.25) is 4.98 Å². The van der Waals surface area contributed by atoms with E-state index in [1.54, 1.807) is 19.3 Å². The van der Waals surface area contributed by atoms with Crippen LogP contribution in [-0.4, -0.2) is 30.9 Å². The van der Waals surface area contributed by atoms with Crippen LogP contribution >= 0.6 is 0 Å². The Balaban J connectivity index is 2.54. The fourth-order valence-corrected chi connectivity index (χ4v) is 2.35. The van der Waals surface area contributed by atoms with Crippen LogP contribution in [0, 0.1) is 0 Å². The molecule has 1 atom stereocenters. The molecule has 0 fully saturated rings. The second kappa shape index (κ2) is 5.11. The van der Waals surface area contributed by atoms with E-state index in [2.05, 4.69) is 10.3 Å². The predicted octanol–water partition coefficient (Wildman–Crippen LogP) is 1.32. The summed E-state index contributed by atoms with van der Waals surface area (Å²) in [5, 5.41) is 3.09. The van der Waals surface area contributed by atoms with Gasteiger partial charge in [-0.15, -0.1) is 0 Å². The van der Waals surface area contributed by atoms with Crippen LogP contribution in [0.5, 0.6) is 0 Å². The highest BCUT2D eigenvalue weighted by Crippen LogP contribution is 2.06. The minimum atomic E-state index is -2.92. The lowest BCUT2D eigenvalue weighted by Crippen LogP contribution is -2.26. The Labute approximate surface area is 90.7 Å². The molecule has 5 heteroatoms. The first kappa shape index (κ1) is 12.0. The maximum absolute atomic E-state index is 11.3. The van der Waals surface area contributed by atoms with Crippen molar-refractivity contribution in [2.45, 2.75) is 19.9 Å². The van der Waals surface area contributed by atoms with E-state index >= 15 is 0 Å². The lowest BCUT2D eigenvalue weighted by molar-refractivity contribution is 0.593. The number of anilines is 1. The molecule has 1 rings (SSSR count). The summed E-state index contributed by atoms with van der Waals surface area (Å²) in [6.45, 7) is 3.51. The first-order valence-corrected chi connectivity index (χ1v) is 6.72. The summed E-state index contributed by atoms with van der Waals surface area (Å²) in [4.78, 5) is 3.94. The van der Waals surface area contributed by atoms with E-state index in [4.69, 9.17) is 0 Å². The van der Waals surface area contributed by atoms with Gasteiger partial charge in [0.15, 0.2) is 9.84 Å². The summed E-state index contributed by atoms with van der Waals surface area (Å²) < 4.78 is 22.7. The van der Waals surface area contributed by atoms with Crippen molar-refractivity contribution in [3.63, 3.8) is 0 Å². The van der Waals surface area contributed by atoms with E-state index in [-0.39, 0.29) is 17.5 Å². The van der Waals surface area contributed by atoms with E-state index in [0.29, 0.717) is 0 Å². The van der Waals surface area contributed by atoms with Gasteiger partial charge in [-0.25, -0.2) is 8.42 Å². The fraction of sp³-hybridized carbons (Fsp3) is 0.500. The monoisotopic (exact) mass is 228 g/mol. The lowest BCUT2D eigenvalue weighted by atomic mass is 10.3. The van der Waals surface area contributed by atoms with Crippen LogP contribution in [0.1, 0.15) is 13.8 Å². The first-order valence-electron chi connectivity index (χ1n) is 4.90. The van der Waals surface area contributed by atoms with Gasteiger partial charge in [0.25, 0.3) is 0 Å². The van der Waals surface area contributed by atoms with Crippen LogP contribution in [0.3, 0.4) is 0 Å². The van der Waals surface area contributed by atoms with Gasteiger partial charge >= 0.3 is 0 Å². The molecule has 1 unspecified atom stereocenters. The number of hydrogen-bond acceptors (Lipinski definition) is 4. The van der Waals surface area contributed by atoms with Crippen molar-refractivity contribution in [2.24, 2.45) is 0 Å². The molecule has 1 heterocycles. The first-order chi connectivity index (χ1) is 7.03. The Morgan fingerprint density at radius 3 is 2.80 bits per heavy atom. The summed E-state index contributed by atoms with van der Waals surface area (Å²) in [6.07, 6.45) is 3.35. The summed E-state index contributed by atoms with van der Waals surface area (Å²) >= 11 is 0. The average molecular weight is 228 g/mol. The molecule has 84 valence electrons. The Hall–Kier alpha value is -1.10. The van der Waals surface area contributed by atoms with Crippen molar-refractivity contribution < 1.29 is 8.42 Å². The van der Waals surface area contributed by atoms with Gasteiger partial charge in [0.05, 0.1) is 11.4 Å². The quantitative estimate of drug-likeness (QED) is 0.825. The Bertz CT molecular complexity index is 389. The lowest BCUT2D eigenvalue weighted by Gasteiger charge is -2.14. The molecular formula is C10H16N2O2S. The van der Waals surface area contributed by atoms with Crippen LogP contribution in [0.25, 0.3) is 0 Å². The molecule has 1 N–H and O–H groups in total. The molecule has 0 saturated heterocycles. The van der Waals surface area contributed by atoms with Gasteiger partial charge < -0.3 is 5.32 Å². The highest BCUT2D eigenvalue weighted by Gasteiger charge is 2.13. The van der Waals surface area contributed by atoms with E-state index in [1.165, 1.54) is 0 Å². The molecule has 0 bridgehead atoms. The SMILES string of the molecule is CCS(=O)(=O)CC(C)Nc1cccnc1. The van der Waals surface area contributed by atoms with E-state index < -0.39 is 9.84 Å². The molecule has 0 spiro atoms. The Kier molecular flexibility index (Phi) is 4.08. The van der Waals surface area contributed by atoms with Gasteiger partial charge in [-0.2, -0.15) is 0 Å². The van der Waals surface area contributed by atoms with Gasteiger partial charge in [-0.1, -0.05) is 6.92 Å². The highest BCUT2D eigenvalue weighted by molar-refractivity contribution is 7.91. The number of nitrogens with zero attached hydrogens (tertiary/aromatic N) is 1. The standard InChI is InChI=1S/C10H16N2O2S/c1-3-15(13,14)8-9(2)12-10-5-4-6-11-7-10/h4-7,9,12H,3,8H2,1-2H3. The molecule has 0 aliphatic heterocycles. The van der Waals surface area contributed by atoms with Crippen LogP contribution in [0.4, 0.5) is 5.69 Å². The summed E-state index contributed by atoms with van der Waals surface area (Å²) in [6, 6.07) is 3.57. The van der Waals surface area contributed by atoms with E-state index in [1.807, 2.05) is 19.1 Å². The van der Waals surface area contributed by atoms with Gasteiger partial charge in [0.1, 0.15) is 0 Å². The second-order valence-electron chi connectivity index (χ2n) is 3.49. The van der Waals surface area contributed by atoms with E-state index in [0.717, 1.165) is 5.69 Å². The van der Waals surface area contributed by atoms with E-state index in [9.17, 15) is 8.42 Å². The van der Waals surface area contributed by atoms with Gasteiger partial charge in [0, 0.05) is 24.2 Å². The zero-order chi connectivity index (χ0) is 11.3. The molecule has 4 nitrogen and oxygen atoms in total. The number of rotatable bonds is 5. The van der Waals surface area contributed by atoms with Crippen molar-refractivity contribution in [3.8, 4) is 0 Å². The molecular weight excluding hydrogens is 212 g/mol. The smallest absolute Gasteiger partial charge is 0.152 e. The molecule has 15 heavy (non-hydrogen) atoms. The van der Waals surface area contributed by atoms with Gasteiger partial charge in [0.2, 0.25) is 0 Å². The maximum Gasteiger partial charge on any atom is 0.152 e. The molecule has 1 aromatic heterocycles. The van der Waals surface area contributed by atoms with Crippen LogP contribution < -0.4 is 5.32 Å². The van der Waals surface area contributed by atoms with Gasteiger partial charge in [-0.05, 0) is 19.1 Å². The molecule has 0 saturated carbocycles. The van der Waals surface area contributed by atoms with Crippen molar-refractivity contribution in [1.29, 1.82) is 0 Å². The molecule has 0 radical (unpaired) electrons. The minimum Gasteiger partial charge on any atom is -0.380 e. The maximum atomic E-state index is 11.3. The zero-order valence-corrected chi connectivity index (χ0v) is 9.79. The highest BCUT2D eigenvalue weighted by atomic mass is 32.2. The number of pyridine rings is 1. The van der Waals surface area contributed by atoms with Crippen molar-refractivity contribution in [3.05, 3.63) is 24.5 Å². The normalized spacial score (nSPS) is 13.5. The van der Waals surface area contributed by atoms with Crippen LogP contribution in [-0.2, 0) is 9.84 Å². The summed E-state index contributed by atoms with van der Waals surface area (Å²) in [5.74, 6) is 0.338. The number of sulfone groups is 1. The number of nitrogens with one attached hydrogen (secondary N) is 1. The third-order valence-corrected chi connectivity index (χ3v) is 3.91. The summed E-state index contributed by atoms with van der Waals surface area (Å²) in [7, 11) is -2.92. The zero-order valence-electron chi connectivity index (χ0n) is 8.97. The molecule has 1 aromatic rings. The topological polar surface area (TPSA) is 59.1 Å². The molecule has 0 aliphatic rings. The molecule has 0 aromatic carbocycles. The largest absolute Gasteiger partial charge is 0.380 e. The molecule has 0 amide bonds. The average Bonchev–Trinajstić information content (AvgIpc) is 2.18. The molecule has 0 aliphatic carbocycles. The number of hydrogen-bond donors (Lipinski definition) is 1. The van der Waals surface area contributed by atoms with Crippen molar-refractivity contribution in [2.75, 3.05) is 16.8 Å². The second-order valence-corrected chi connectivity index (χ2v) is 5.88. The number of aromatic nitrogens is 1. The Morgan fingerprint density at radius 1 is 1.53 bits per heavy atom.